The van der Waals surface area contributed by atoms with Gasteiger partial charge in [0.2, 0.25) is 5.91 Å². The summed E-state index contributed by atoms with van der Waals surface area (Å²) in [6.07, 6.45) is 0.434. The molecule has 1 aromatic heterocycles. The highest BCUT2D eigenvalue weighted by atomic mass is 16.5. The third-order valence-electron chi connectivity index (χ3n) is 5.26. The van der Waals surface area contributed by atoms with Crippen LogP contribution in [-0.2, 0) is 6.54 Å². The first-order chi connectivity index (χ1) is 14.9. The maximum Gasteiger partial charge on any atom is 0.405 e. The van der Waals surface area contributed by atoms with E-state index in [9.17, 15) is 19.5 Å². The number of unbranched alkanes of at least 4 members (excludes halogenated alkanes) is 1. The largest absolute Gasteiger partial charge is 0.491 e. The first-order valence-corrected chi connectivity index (χ1v) is 11.0. The van der Waals surface area contributed by atoms with Crippen molar-refractivity contribution in [2.75, 3.05) is 6.61 Å². The lowest BCUT2D eigenvalue weighted by atomic mass is 9.83. The van der Waals surface area contributed by atoms with Gasteiger partial charge in [-0.15, -0.1) is 0 Å². The topological polar surface area (TPSA) is 124 Å². The zero-order valence-electron chi connectivity index (χ0n) is 19.8. The van der Waals surface area contributed by atoms with Crippen molar-refractivity contribution >= 4 is 22.8 Å². The number of carbonyl (C=O) groups is 2. The normalized spacial score (nSPS) is 12.7. The first-order valence-electron chi connectivity index (χ1n) is 11.0. The van der Waals surface area contributed by atoms with E-state index in [1.165, 1.54) is 0 Å². The van der Waals surface area contributed by atoms with Crippen molar-refractivity contribution in [2.45, 2.75) is 67.0 Å². The van der Waals surface area contributed by atoms with Gasteiger partial charge in [-0.2, -0.15) is 0 Å². The minimum absolute atomic E-state index is 0.108. The summed E-state index contributed by atoms with van der Waals surface area (Å²) in [7, 11) is 0. The SMILES string of the molecule is CCCCOc1c(C(NC(=O)O)C(C)(C)C)n(CC(C)C)c(=O)c2cccc(C(N)=O)c12. The van der Waals surface area contributed by atoms with Crippen LogP contribution in [-0.4, -0.2) is 28.3 Å². The number of rotatable bonds is 9. The molecule has 8 heteroatoms. The third-order valence-corrected chi connectivity index (χ3v) is 5.26. The molecule has 0 saturated heterocycles. The van der Waals surface area contributed by atoms with Crippen LogP contribution in [0.3, 0.4) is 0 Å². The predicted molar refractivity (Wildman–Crippen MR) is 125 cm³/mol. The van der Waals surface area contributed by atoms with Gasteiger partial charge in [0.25, 0.3) is 5.56 Å². The highest BCUT2D eigenvalue weighted by Gasteiger charge is 2.35. The van der Waals surface area contributed by atoms with Crippen LogP contribution in [0.15, 0.2) is 23.0 Å². The number of hydrogen-bond donors (Lipinski definition) is 3. The van der Waals surface area contributed by atoms with Gasteiger partial charge >= 0.3 is 6.09 Å². The number of nitrogens with one attached hydrogen (secondary N) is 1. The Hall–Kier alpha value is -3.03. The van der Waals surface area contributed by atoms with Crippen LogP contribution in [0, 0.1) is 11.3 Å². The lowest BCUT2D eigenvalue weighted by Crippen LogP contribution is -2.41. The molecule has 176 valence electrons. The molecule has 0 aliphatic heterocycles. The van der Waals surface area contributed by atoms with Crippen molar-refractivity contribution in [1.29, 1.82) is 0 Å². The van der Waals surface area contributed by atoms with E-state index in [0.717, 1.165) is 12.8 Å². The molecule has 32 heavy (non-hydrogen) atoms. The summed E-state index contributed by atoms with van der Waals surface area (Å²) in [5.41, 5.74) is 5.33. The molecule has 0 bridgehead atoms. The summed E-state index contributed by atoms with van der Waals surface area (Å²) in [5.74, 6) is -0.240. The molecule has 2 amide bonds. The molecule has 0 fully saturated rings. The number of pyridine rings is 1. The molecule has 1 heterocycles. The molecule has 8 nitrogen and oxygen atoms in total. The van der Waals surface area contributed by atoms with Crippen molar-refractivity contribution in [3.05, 3.63) is 39.8 Å². The molecule has 0 aliphatic rings. The minimum atomic E-state index is -1.21. The Labute approximate surface area is 188 Å². The summed E-state index contributed by atoms with van der Waals surface area (Å²) in [5, 5.41) is 12.8. The predicted octanol–water partition coefficient (Wildman–Crippen LogP) is 4.29. The zero-order valence-corrected chi connectivity index (χ0v) is 19.8. The number of carboxylic acid groups (broad SMARTS) is 1. The van der Waals surface area contributed by atoms with E-state index in [4.69, 9.17) is 10.5 Å². The summed E-state index contributed by atoms with van der Waals surface area (Å²) in [6.45, 7) is 12.4. The number of aromatic nitrogens is 1. The number of benzene rings is 1. The van der Waals surface area contributed by atoms with Gasteiger partial charge in [0.1, 0.15) is 5.75 Å². The van der Waals surface area contributed by atoms with Gasteiger partial charge in [-0.05, 0) is 29.9 Å². The summed E-state index contributed by atoms with van der Waals surface area (Å²) in [4.78, 5) is 37.7. The maximum atomic E-state index is 13.6. The number of fused-ring (bicyclic) bond motifs is 1. The van der Waals surface area contributed by atoms with E-state index in [1.807, 2.05) is 41.5 Å². The van der Waals surface area contributed by atoms with E-state index in [0.29, 0.717) is 35.4 Å². The van der Waals surface area contributed by atoms with Crippen LogP contribution in [0.4, 0.5) is 4.79 Å². The Morgan fingerprint density at radius 1 is 1.25 bits per heavy atom. The van der Waals surface area contributed by atoms with Crippen LogP contribution >= 0.6 is 0 Å². The molecule has 0 spiro atoms. The first kappa shape index (κ1) is 25.2. The Morgan fingerprint density at radius 2 is 1.91 bits per heavy atom. The van der Waals surface area contributed by atoms with E-state index >= 15 is 0 Å². The molecule has 1 aromatic carbocycles. The molecule has 2 rings (SSSR count). The number of nitrogens with zero attached hydrogens (tertiary/aromatic N) is 1. The second-order valence-corrected chi connectivity index (χ2v) is 9.57. The van der Waals surface area contributed by atoms with Crippen molar-refractivity contribution in [1.82, 2.24) is 9.88 Å². The summed E-state index contributed by atoms with van der Waals surface area (Å²) < 4.78 is 7.80. The quantitative estimate of drug-likeness (QED) is 0.497. The van der Waals surface area contributed by atoms with Crippen LogP contribution < -0.4 is 21.3 Å². The fourth-order valence-corrected chi connectivity index (χ4v) is 3.80. The minimum Gasteiger partial charge on any atom is -0.491 e. The van der Waals surface area contributed by atoms with Crippen LogP contribution in [0.1, 0.15) is 76.5 Å². The Bertz CT molecular complexity index is 1050. The average Bonchev–Trinajstić information content (AvgIpc) is 2.68. The number of nitrogens with two attached hydrogens (primary N) is 1. The molecule has 0 radical (unpaired) electrons. The van der Waals surface area contributed by atoms with Gasteiger partial charge in [-0.3, -0.25) is 9.59 Å². The molecule has 1 unspecified atom stereocenters. The summed E-state index contributed by atoms with van der Waals surface area (Å²) >= 11 is 0. The molecule has 0 aliphatic carbocycles. The average molecular weight is 446 g/mol. The molecule has 1 atom stereocenters. The number of amides is 2. The van der Waals surface area contributed by atoms with Crippen molar-refractivity contribution < 1.29 is 19.4 Å². The highest BCUT2D eigenvalue weighted by molar-refractivity contribution is 6.08. The highest BCUT2D eigenvalue weighted by Crippen LogP contribution is 2.41. The smallest absolute Gasteiger partial charge is 0.405 e. The van der Waals surface area contributed by atoms with Gasteiger partial charge in [0, 0.05) is 11.9 Å². The summed E-state index contributed by atoms with van der Waals surface area (Å²) in [6, 6.07) is 4.06. The molecule has 2 aromatic rings. The monoisotopic (exact) mass is 445 g/mol. The lowest BCUT2D eigenvalue weighted by Gasteiger charge is -2.35. The molecular weight excluding hydrogens is 410 g/mol. The van der Waals surface area contributed by atoms with E-state index in [2.05, 4.69) is 5.32 Å². The van der Waals surface area contributed by atoms with Crippen LogP contribution in [0.2, 0.25) is 0 Å². The maximum absolute atomic E-state index is 13.6. The van der Waals surface area contributed by atoms with Gasteiger partial charge in [-0.25, -0.2) is 4.79 Å². The zero-order chi connectivity index (χ0) is 24.2. The fourth-order valence-electron chi connectivity index (χ4n) is 3.80. The number of hydrogen-bond acceptors (Lipinski definition) is 4. The van der Waals surface area contributed by atoms with Gasteiger partial charge in [0.15, 0.2) is 0 Å². The fraction of sp³-hybridized carbons (Fsp3) is 0.542. The van der Waals surface area contributed by atoms with E-state index in [1.54, 1.807) is 22.8 Å². The molecular formula is C24H35N3O5. The second kappa shape index (κ2) is 10.1. The lowest BCUT2D eigenvalue weighted by molar-refractivity contribution is 0.100. The van der Waals surface area contributed by atoms with E-state index < -0.39 is 23.5 Å². The van der Waals surface area contributed by atoms with Crippen LogP contribution in [0.5, 0.6) is 5.75 Å². The number of primary amides is 1. The molecule has 4 N–H and O–H groups in total. The van der Waals surface area contributed by atoms with Crippen LogP contribution in [0.25, 0.3) is 10.8 Å². The Balaban J connectivity index is 3.09. The standard InChI is InChI=1S/C24H35N3O5/c1-7-8-12-32-19-17-15(21(25)28)10-9-11-16(17)22(29)27(13-14(2)3)18(19)20(24(4,5)6)26-23(30)31/h9-11,14,20,26H,7-8,12-13H2,1-6H3,(H2,25,28)(H,30,31). The van der Waals surface area contributed by atoms with Gasteiger partial charge in [0.05, 0.1) is 29.3 Å². The van der Waals surface area contributed by atoms with Gasteiger partial charge in [-0.1, -0.05) is 54.0 Å². The Morgan fingerprint density at radius 3 is 2.41 bits per heavy atom. The van der Waals surface area contributed by atoms with E-state index in [-0.39, 0.29) is 17.0 Å². The molecule has 0 saturated carbocycles. The third kappa shape index (κ3) is 5.41. The Kier molecular flexibility index (Phi) is 7.93. The van der Waals surface area contributed by atoms with Crippen molar-refractivity contribution in [3.8, 4) is 5.75 Å². The second-order valence-electron chi connectivity index (χ2n) is 9.57. The van der Waals surface area contributed by atoms with Crippen molar-refractivity contribution in [2.24, 2.45) is 17.1 Å². The number of ether oxygens (including phenoxy) is 1. The number of carbonyl (C=O) groups excluding carboxylic acids is 1. The van der Waals surface area contributed by atoms with Gasteiger partial charge < -0.3 is 25.5 Å². The van der Waals surface area contributed by atoms with Crippen molar-refractivity contribution in [3.63, 3.8) is 0 Å².